The molecule has 0 N–H and O–H groups in total. The molecule has 2 rings (SSSR count). The number of piperazine rings is 1. The number of rotatable bonds is 3. The molecule has 0 aliphatic carbocycles. The molecule has 1 atom stereocenters. The Kier molecular flexibility index (Phi) is 6.69. The Balaban J connectivity index is 2.07. The second-order valence-electron chi connectivity index (χ2n) is 7.52. The number of carbonyl (C=O) groups is 2. The minimum atomic E-state index is -0.502. The first kappa shape index (κ1) is 20.7. The van der Waals surface area contributed by atoms with Gasteiger partial charge in [-0.15, -0.1) is 0 Å². The number of esters is 1. The normalized spacial score (nSPS) is 18.5. The highest BCUT2D eigenvalue weighted by Crippen LogP contribution is 2.25. The number of hydrogen-bond donors (Lipinski definition) is 0. The number of hydrogen-bond acceptors (Lipinski definition) is 5. The van der Waals surface area contributed by atoms with Crippen LogP contribution >= 0.6 is 15.9 Å². The summed E-state index contributed by atoms with van der Waals surface area (Å²) in [6, 6.07) is 5.54. The van der Waals surface area contributed by atoms with Gasteiger partial charge >= 0.3 is 12.1 Å². The molecule has 1 aromatic carbocycles. The lowest BCUT2D eigenvalue weighted by molar-refractivity contribution is 0.000525. The summed E-state index contributed by atoms with van der Waals surface area (Å²) in [5.74, 6) is -0.346. The molecule has 26 heavy (non-hydrogen) atoms. The number of ether oxygens (including phenoxy) is 2. The zero-order valence-corrected chi connectivity index (χ0v) is 17.6. The molecule has 1 amide bonds. The van der Waals surface area contributed by atoms with Gasteiger partial charge in [0.05, 0.1) is 12.7 Å². The third kappa shape index (κ3) is 5.20. The van der Waals surface area contributed by atoms with E-state index in [-0.39, 0.29) is 18.1 Å². The SMILES string of the molecule is COC(=O)c1cccc(Br)c1CN1CCN(C(=O)OC(C)(C)C)C(C)C1. The molecule has 1 heterocycles. The third-order valence-electron chi connectivity index (χ3n) is 4.25. The molecule has 1 saturated heterocycles. The van der Waals surface area contributed by atoms with E-state index in [9.17, 15) is 9.59 Å². The number of halogens is 1. The van der Waals surface area contributed by atoms with Gasteiger partial charge in [-0.3, -0.25) is 4.90 Å². The van der Waals surface area contributed by atoms with Crippen LogP contribution in [0.5, 0.6) is 0 Å². The van der Waals surface area contributed by atoms with Crippen molar-refractivity contribution >= 4 is 28.0 Å². The number of amides is 1. The average molecular weight is 427 g/mol. The van der Waals surface area contributed by atoms with E-state index in [4.69, 9.17) is 9.47 Å². The molecule has 0 bridgehead atoms. The van der Waals surface area contributed by atoms with E-state index in [0.29, 0.717) is 31.7 Å². The van der Waals surface area contributed by atoms with E-state index in [2.05, 4.69) is 20.8 Å². The maximum atomic E-state index is 12.3. The van der Waals surface area contributed by atoms with Crippen molar-refractivity contribution in [3.05, 3.63) is 33.8 Å². The zero-order valence-electron chi connectivity index (χ0n) is 16.0. The topological polar surface area (TPSA) is 59.1 Å². The van der Waals surface area contributed by atoms with Crippen molar-refractivity contribution in [1.29, 1.82) is 0 Å². The van der Waals surface area contributed by atoms with Crippen LogP contribution in [0.1, 0.15) is 43.6 Å². The summed E-state index contributed by atoms with van der Waals surface area (Å²) < 4.78 is 11.3. The van der Waals surface area contributed by atoms with Crippen molar-refractivity contribution in [1.82, 2.24) is 9.80 Å². The standard InChI is InChI=1S/C19H27BrN2O4/c1-13-11-21(9-10-22(13)18(24)26-19(2,3)4)12-15-14(17(23)25-5)7-6-8-16(15)20/h6-8,13H,9-12H2,1-5H3. The summed E-state index contributed by atoms with van der Waals surface area (Å²) in [5, 5.41) is 0. The van der Waals surface area contributed by atoms with E-state index in [0.717, 1.165) is 10.0 Å². The van der Waals surface area contributed by atoms with Gasteiger partial charge in [-0.25, -0.2) is 9.59 Å². The Hall–Kier alpha value is -1.60. The minimum absolute atomic E-state index is 0.0302. The Morgan fingerprint density at radius 1 is 1.27 bits per heavy atom. The molecule has 1 unspecified atom stereocenters. The monoisotopic (exact) mass is 426 g/mol. The fraction of sp³-hybridized carbons (Fsp3) is 0.579. The number of methoxy groups -OCH3 is 1. The van der Waals surface area contributed by atoms with Crippen molar-refractivity contribution in [2.75, 3.05) is 26.7 Å². The first-order valence-corrected chi connectivity index (χ1v) is 9.49. The van der Waals surface area contributed by atoms with Crippen LogP contribution in [-0.2, 0) is 16.0 Å². The molecule has 144 valence electrons. The summed E-state index contributed by atoms with van der Waals surface area (Å²) in [7, 11) is 1.38. The second-order valence-corrected chi connectivity index (χ2v) is 8.37. The molecule has 6 nitrogen and oxygen atoms in total. The summed E-state index contributed by atoms with van der Waals surface area (Å²) in [5.41, 5.74) is 0.958. The fourth-order valence-corrected chi connectivity index (χ4v) is 3.50. The van der Waals surface area contributed by atoms with Gasteiger partial charge in [-0.1, -0.05) is 22.0 Å². The van der Waals surface area contributed by atoms with Crippen LogP contribution in [0.2, 0.25) is 0 Å². The Morgan fingerprint density at radius 2 is 1.96 bits per heavy atom. The Morgan fingerprint density at radius 3 is 2.54 bits per heavy atom. The van der Waals surface area contributed by atoms with Gasteiger partial charge in [0, 0.05) is 36.7 Å². The molecule has 1 aliphatic rings. The van der Waals surface area contributed by atoms with Gasteiger partial charge in [0.1, 0.15) is 5.60 Å². The lowest BCUT2D eigenvalue weighted by atomic mass is 10.1. The summed E-state index contributed by atoms with van der Waals surface area (Å²) >= 11 is 3.54. The van der Waals surface area contributed by atoms with Crippen LogP contribution < -0.4 is 0 Å². The van der Waals surface area contributed by atoms with Crippen LogP contribution in [0, 0.1) is 0 Å². The van der Waals surface area contributed by atoms with Gasteiger partial charge in [0.25, 0.3) is 0 Å². The van der Waals surface area contributed by atoms with E-state index >= 15 is 0 Å². The third-order valence-corrected chi connectivity index (χ3v) is 4.99. The van der Waals surface area contributed by atoms with Crippen molar-refractivity contribution < 1.29 is 19.1 Å². The molecule has 0 radical (unpaired) electrons. The smallest absolute Gasteiger partial charge is 0.410 e. The van der Waals surface area contributed by atoms with E-state index in [1.54, 1.807) is 11.0 Å². The van der Waals surface area contributed by atoms with Gasteiger partial charge in [0.15, 0.2) is 0 Å². The quantitative estimate of drug-likeness (QED) is 0.689. The highest BCUT2D eigenvalue weighted by Gasteiger charge is 2.31. The molecular weight excluding hydrogens is 400 g/mol. The van der Waals surface area contributed by atoms with Crippen molar-refractivity contribution in [3.63, 3.8) is 0 Å². The highest BCUT2D eigenvalue weighted by atomic mass is 79.9. The first-order valence-electron chi connectivity index (χ1n) is 8.70. The van der Waals surface area contributed by atoms with Gasteiger partial charge in [-0.05, 0) is 45.4 Å². The van der Waals surface area contributed by atoms with Crippen molar-refractivity contribution in [2.24, 2.45) is 0 Å². The van der Waals surface area contributed by atoms with Gasteiger partial charge < -0.3 is 14.4 Å². The molecule has 1 fully saturated rings. The first-order chi connectivity index (χ1) is 12.1. The number of benzene rings is 1. The second kappa shape index (κ2) is 8.39. The highest BCUT2D eigenvalue weighted by molar-refractivity contribution is 9.10. The van der Waals surface area contributed by atoms with Crippen LogP contribution in [0.15, 0.2) is 22.7 Å². The van der Waals surface area contributed by atoms with Gasteiger partial charge in [-0.2, -0.15) is 0 Å². The molecule has 7 heteroatoms. The lowest BCUT2D eigenvalue weighted by Crippen LogP contribution is -2.54. The Bertz CT molecular complexity index is 672. The lowest BCUT2D eigenvalue weighted by Gasteiger charge is -2.40. The zero-order chi connectivity index (χ0) is 19.5. The van der Waals surface area contributed by atoms with E-state index in [1.165, 1.54) is 7.11 Å². The maximum absolute atomic E-state index is 12.3. The average Bonchev–Trinajstić information content (AvgIpc) is 2.54. The van der Waals surface area contributed by atoms with E-state index < -0.39 is 5.60 Å². The van der Waals surface area contributed by atoms with Crippen molar-refractivity contribution in [3.8, 4) is 0 Å². The predicted molar refractivity (Wildman–Crippen MR) is 103 cm³/mol. The molecular formula is C19H27BrN2O4. The molecule has 0 spiro atoms. The van der Waals surface area contributed by atoms with E-state index in [1.807, 2.05) is 39.8 Å². The van der Waals surface area contributed by atoms with Crippen LogP contribution in [0.25, 0.3) is 0 Å². The minimum Gasteiger partial charge on any atom is -0.465 e. The van der Waals surface area contributed by atoms with Gasteiger partial charge in [0.2, 0.25) is 0 Å². The van der Waals surface area contributed by atoms with Crippen molar-refractivity contribution in [2.45, 2.75) is 45.9 Å². The van der Waals surface area contributed by atoms with Crippen LogP contribution in [0.4, 0.5) is 4.79 Å². The summed E-state index contributed by atoms with van der Waals surface area (Å²) in [4.78, 5) is 28.4. The fourth-order valence-electron chi connectivity index (χ4n) is 3.01. The Labute approximate surface area is 163 Å². The molecule has 1 aromatic rings. The summed E-state index contributed by atoms with van der Waals surface area (Å²) in [6.07, 6.45) is -0.277. The molecule has 0 saturated carbocycles. The molecule has 0 aromatic heterocycles. The predicted octanol–water partition coefficient (Wildman–Crippen LogP) is 3.68. The summed E-state index contributed by atoms with van der Waals surface area (Å²) in [6.45, 7) is 10.2. The van der Waals surface area contributed by atoms with Crippen LogP contribution in [-0.4, -0.2) is 60.2 Å². The number of nitrogens with zero attached hydrogens (tertiary/aromatic N) is 2. The number of carbonyl (C=O) groups excluding carboxylic acids is 2. The largest absolute Gasteiger partial charge is 0.465 e. The van der Waals surface area contributed by atoms with Crippen LogP contribution in [0.3, 0.4) is 0 Å². The molecule has 1 aliphatic heterocycles. The maximum Gasteiger partial charge on any atom is 0.410 e.